The van der Waals surface area contributed by atoms with E-state index >= 15 is 0 Å². The molecule has 0 aromatic carbocycles. The van der Waals surface area contributed by atoms with Crippen LogP contribution in [-0.4, -0.2) is 45.6 Å². The topological polar surface area (TPSA) is 25.4 Å². The third-order valence-electron chi connectivity index (χ3n) is 5.16. The van der Waals surface area contributed by atoms with Gasteiger partial charge in [-0.25, -0.2) is 0 Å². The third-order valence-corrected chi connectivity index (χ3v) is 6.74. The van der Waals surface area contributed by atoms with E-state index in [1.165, 1.54) is 38.8 Å². The number of hydrogen-bond donors (Lipinski definition) is 0. The van der Waals surface area contributed by atoms with Crippen LogP contribution in [0.4, 0.5) is 0 Å². The maximum atomic E-state index is 6.11. The molecule has 21 heavy (non-hydrogen) atoms. The van der Waals surface area contributed by atoms with Gasteiger partial charge in [0.05, 0.1) is 18.4 Å². The van der Waals surface area contributed by atoms with Gasteiger partial charge in [-0.1, -0.05) is 12.5 Å². The Balaban J connectivity index is 1.25. The molecule has 3 fully saturated rings. The Bertz CT molecular complexity index is 511. The molecule has 0 N–H and O–H groups in total. The minimum Gasteiger partial charge on any atom is -0.371 e. The van der Waals surface area contributed by atoms with Gasteiger partial charge in [0.15, 0.2) is 0 Å². The molecule has 114 valence electrons. The Labute approximate surface area is 131 Å². The number of ether oxygens (including phenoxy) is 1. The van der Waals surface area contributed by atoms with Crippen molar-refractivity contribution >= 4 is 11.8 Å². The minimum absolute atomic E-state index is 0.417. The molecule has 3 aliphatic rings. The molecule has 0 bridgehead atoms. The van der Waals surface area contributed by atoms with E-state index in [0.29, 0.717) is 17.5 Å². The molecule has 1 atom stereocenters. The Morgan fingerprint density at radius 1 is 1.38 bits per heavy atom. The van der Waals surface area contributed by atoms with Crippen LogP contribution in [0.1, 0.15) is 37.1 Å². The van der Waals surface area contributed by atoms with Crippen molar-refractivity contribution in [3.05, 3.63) is 29.6 Å². The summed E-state index contributed by atoms with van der Waals surface area (Å²) in [6.07, 6.45) is 5.95. The van der Waals surface area contributed by atoms with Gasteiger partial charge in [-0.2, -0.15) is 0 Å². The van der Waals surface area contributed by atoms with Crippen LogP contribution >= 0.6 is 11.8 Å². The number of likely N-dealkylation sites (tertiary alicyclic amines) is 1. The predicted molar refractivity (Wildman–Crippen MR) is 86.6 cm³/mol. The average molecular weight is 304 g/mol. The van der Waals surface area contributed by atoms with Gasteiger partial charge in [-0.15, -0.1) is 11.8 Å². The van der Waals surface area contributed by atoms with Gasteiger partial charge in [0.2, 0.25) is 0 Å². The minimum atomic E-state index is 0.417. The van der Waals surface area contributed by atoms with E-state index in [4.69, 9.17) is 4.74 Å². The average Bonchev–Trinajstić information content (AvgIpc) is 2.79. The van der Waals surface area contributed by atoms with Crippen molar-refractivity contribution in [1.29, 1.82) is 0 Å². The Morgan fingerprint density at radius 2 is 2.24 bits per heavy atom. The normalized spacial score (nSPS) is 28.5. The molecular weight excluding hydrogens is 280 g/mol. The smallest absolute Gasteiger partial charge is 0.0892 e. The fourth-order valence-corrected chi connectivity index (χ4v) is 5.29. The molecule has 0 unspecified atom stereocenters. The second kappa shape index (κ2) is 5.56. The molecule has 0 radical (unpaired) electrons. The molecule has 1 aromatic rings. The van der Waals surface area contributed by atoms with Gasteiger partial charge < -0.3 is 4.74 Å². The zero-order chi connectivity index (χ0) is 14.3. The van der Waals surface area contributed by atoms with Gasteiger partial charge in [-0.05, 0) is 38.3 Å². The lowest BCUT2D eigenvalue weighted by Crippen LogP contribution is -2.63. The fourth-order valence-electron chi connectivity index (χ4n) is 3.72. The van der Waals surface area contributed by atoms with Crippen LogP contribution in [0, 0.1) is 6.92 Å². The van der Waals surface area contributed by atoms with Crippen LogP contribution in [0.25, 0.3) is 0 Å². The summed E-state index contributed by atoms with van der Waals surface area (Å²) in [5.74, 6) is 1.16. The van der Waals surface area contributed by atoms with Crippen LogP contribution in [0.2, 0.25) is 0 Å². The van der Waals surface area contributed by atoms with Crippen LogP contribution in [-0.2, 0) is 11.3 Å². The molecule has 3 nitrogen and oxygen atoms in total. The van der Waals surface area contributed by atoms with Crippen molar-refractivity contribution in [2.45, 2.75) is 56.1 Å². The van der Waals surface area contributed by atoms with Crippen LogP contribution < -0.4 is 0 Å². The summed E-state index contributed by atoms with van der Waals surface area (Å²) in [5, 5.41) is 0. The van der Waals surface area contributed by atoms with Crippen LogP contribution in [0.5, 0.6) is 0 Å². The monoisotopic (exact) mass is 304 g/mol. The first-order valence-corrected chi connectivity index (χ1v) is 9.13. The molecule has 3 heterocycles. The standard InChI is InChI=1S/C17H24N2OS/c1-13-4-2-5-14(18-13)9-20-16-8-17(21-10-16)11-19(12-17)15-6-3-7-15/h2,4-5,15-16H,3,6-12H2,1H3/t16-/m1/s1. The van der Waals surface area contributed by atoms with Crippen molar-refractivity contribution in [3.63, 3.8) is 0 Å². The SMILES string of the molecule is Cc1cccc(CO[C@H]2CSC3(C2)CN(C2CCC2)C3)n1. The number of nitrogens with zero attached hydrogens (tertiary/aromatic N) is 2. The molecule has 2 aliphatic heterocycles. The maximum Gasteiger partial charge on any atom is 0.0892 e. The summed E-state index contributed by atoms with van der Waals surface area (Å²) in [6, 6.07) is 7.07. The van der Waals surface area contributed by atoms with Gasteiger partial charge in [0.25, 0.3) is 0 Å². The van der Waals surface area contributed by atoms with Crippen LogP contribution in [0.15, 0.2) is 18.2 Å². The molecule has 4 heteroatoms. The van der Waals surface area contributed by atoms with Gasteiger partial charge in [0, 0.05) is 35.3 Å². The highest BCUT2D eigenvalue weighted by Crippen LogP contribution is 2.48. The molecule has 1 aromatic heterocycles. The number of hydrogen-bond acceptors (Lipinski definition) is 4. The van der Waals surface area contributed by atoms with Crippen molar-refractivity contribution in [3.8, 4) is 0 Å². The van der Waals surface area contributed by atoms with Gasteiger partial charge in [-0.3, -0.25) is 9.88 Å². The number of pyridine rings is 1. The lowest BCUT2D eigenvalue weighted by Gasteiger charge is -2.53. The first-order valence-electron chi connectivity index (χ1n) is 8.15. The van der Waals surface area contributed by atoms with Crippen molar-refractivity contribution in [2.75, 3.05) is 18.8 Å². The molecule has 1 spiro atoms. The van der Waals surface area contributed by atoms with Crippen molar-refractivity contribution < 1.29 is 4.74 Å². The van der Waals surface area contributed by atoms with Crippen molar-refractivity contribution in [2.24, 2.45) is 0 Å². The fraction of sp³-hybridized carbons (Fsp3) is 0.706. The maximum absolute atomic E-state index is 6.11. The highest BCUT2D eigenvalue weighted by molar-refractivity contribution is 8.01. The summed E-state index contributed by atoms with van der Waals surface area (Å²) in [5.41, 5.74) is 2.13. The summed E-state index contributed by atoms with van der Waals surface area (Å²) in [6.45, 7) is 5.29. The van der Waals surface area contributed by atoms with E-state index < -0.39 is 0 Å². The van der Waals surface area contributed by atoms with E-state index in [0.717, 1.165) is 23.2 Å². The quantitative estimate of drug-likeness (QED) is 0.854. The number of thioether (sulfide) groups is 1. The van der Waals surface area contributed by atoms with E-state index in [1.807, 2.05) is 13.0 Å². The zero-order valence-electron chi connectivity index (χ0n) is 12.8. The molecular formula is C17H24N2OS. The highest BCUT2D eigenvalue weighted by Gasteiger charge is 2.51. The molecule has 2 saturated heterocycles. The number of aromatic nitrogens is 1. The van der Waals surface area contributed by atoms with E-state index in [2.05, 4.69) is 33.8 Å². The van der Waals surface area contributed by atoms with E-state index in [9.17, 15) is 0 Å². The summed E-state index contributed by atoms with van der Waals surface area (Å²) in [4.78, 5) is 7.21. The van der Waals surface area contributed by atoms with Gasteiger partial charge >= 0.3 is 0 Å². The molecule has 4 rings (SSSR count). The second-order valence-corrected chi connectivity index (χ2v) is 8.38. The largest absolute Gasteiger partial charge is 0.371 e. The summed E-state index contributed by atoms with van der Waals surface area (Å²) >= 11 is 2.15. The number of rotatable bonds is 4. The highest BCUT2D eigenvalue weighted by atomic mass is 32.2. The Hall–Kier alpha value is -0.580. The Kier molecular flexibility index (Phi) is 3.72. The number of aryl methyl sites for hydroxylation is 1. The molecule has 0 amide bonds. The molecule has 1 saturated carbocycles. The van der Waals surface area contributed by atoms with E-state index in [-0.39, 0.29) is 0 Å². The zero-order valence-corrected chi connectivity index (χ0v) is 13.6. The van der Waals surface area contributed by atoms with Crippen molar-refractivity contribution in [1.82, 2.24) is 9.88 Å². The van der Waals surface area contributed by atoms with Crippen LogP contribution in [0.3, 0.4) is 0 Å². The van der Waals surface area contributed by atoms with E-state index in [1.54, 1.807) is 0 Å². The lowest BCUT2D eigenvalue weighted by atomic mass is 9.84. The van der Waals surface area contributed by atoms with Gasteiger partial charge in [0.1, 0.15) is 0 Å². The predicted octanol–water partition coefficient (Wildman–Crippen LogP) is 3.02. The molecule has 1 aliphatic carbocycles. The first kappa shape index (κ1) is 14.0. The summed E-state index contributed by atoms with van der Waals surface area (Å²) in [7, 11) is 0. The second-order valence-electron chi connectivity index (χ2n) is 6.89. The summed E-state index contributed by atoms with van der Waals surface area (Å²) < 4.78 is 6.62. The third kappa shape index (κ3) is 2.86. The lowest BCUT2D eigenvalue weighted by molar-refractivity contribution is -0.000251. The first-order chi connectivity index (χ1) is 10.2. The Morgan fingerprint density at radius 3 is 2.95 bits per heavy atom.